The number of hydrogen-bond donors (Lipinski definition) is 1. The first-order valence-electron chi connectivity index (χ1n) is 3.50. The predicted octanol–water partition coefficient (Wildman–Crippen LogP) is 2.68. The Kier molecular flexibility index (Phi) is 2.77. The fourth-order valence-corrected chi connectivity index (χ4v) is 0.845. The van der Waals surface area contributed by atoms with E-state index < -0.39 is 11.7 Å². The summed E-state index contributed by atoms with van der Waals surface area (Å²) in [6.07, 6.45) is -4.29. The standard InChI is InChI=1S/C8H8F3NO/c1-13-12-7-4-2-6(3-5-7)8(9,10)11/h2-5,12H,1H3. The van der Waals surface area contributed by atoms with E-state index in [4.69, 9.17) is 0 Å². The van der Waals surface area contributed by atoms with Crippen LogP contribution in [0.25, 0.3) is 0 Å². The molecule has 2 nitrogen and oxygen atoms in total. The van der Waals surface area contributed by atoms with Crippen LogP contribution in [0.4, 0.5) is 18.9 Å². The third kappa shape index (κ3) is 2.62. The number of benzene rings is 1. The SMILES string of the molecule is CONc1ccc(C(F)(F)F)cc1. The van der Waals surface area contributed by atoms with Gasteiger partial charge in [0.15, 0.2) is 0 Å². The quantitative estimate of drug-likeness (QED) is 0.725. The summed E-state index contributed by atoms with van der Waals surface area (Å²) >= 11 is 0. The fourth-order valence-electron chi connectivity index (χ4n) is 0.845. The number of nitrogens with one attached hydrogen (secondary N) is 1. The van der Waals surface area contributed by atoms with Gasteiger partial charge in [-0.1, -0.05) is 0 Å². The largest absolute Gasteiger partial charge is 0.416 e. The summed E-state index contributed by atoms with van der Waals surface area (Å²) in [5.41, 5.74) is 2.23. The van der Waals surface area contributed by atoms with Crippen molar-refractivity contribution in [1.82, 2.24) is 0 Å². The summed E-state index contributed by atoms with van der Waals surface area (Å²) in [7, 11) is 1.39. The lowest BCUT2D eigenvalue weighted by molar-refractivity contribution is -0.137. The van der Waals surface area contributed by atoms with Crippen LogP contribution in [0.3, 0.4) is 0 Å². The molecule has 0 aliphatic rings. The van der Waals surface area contributed by atoms with Gasteiger partial charge in [0.1, 0.15) is 0 Å². The first-order valence-corrected chi connectivity index (χ1v) is 3.50. The van der Waals surface area contributed by atoms with Crippen LogP contribution in [0.2, 0.25) is 0 Å². The second kappa shape index (κ2) is 3.66. The molecule has 0 atom stereocenters. The molecule has 1 rings (SSSR count). The van der Waals surface area contributed by atoms with E-state index in [-0.39, 0.29) is 0 Å². The van der Waals surface area contributed by atoms with Gasteiger partial charge in [-0.15, -0.1) is 0 Å². The fraction of sp³-hybridized carbons (Fsp3) is 0.250. The Labute approximate surface area is 73.3 Å². The first-order chi connectivity index (χ1) is 6.04. The minimum atomic E-state index is -4.29. The van der Waals surface area contributed by atoms with Crippen LogP contribution in [0, 0.1) is 0 Å². The number of alkyl halides is 3. The summed E-state index contributed by atoms with van der Waals surface area (Å²) in [5, 5.41) is 0. The van der Waals surface area contributed by atoms with Crippen LogP contribution in [0.5, 0.6) is 0 Å². The van der Waals surface area contributed by atoms with E-state index >= 15 is 0 Å². The zero-order valence-corrected chi connectivity index (χ0v) is 6.85. The van der Waals surface area contributed by atoms with Crippen molar-refractivity contribution in [2.24, 2.45) is 0 Å². The van der Waals surface area contributed by atoms with Gasteiger partial charge in [-0.2, -0.15) is 13.2 Å². The average Bonchev–Trinajstić information content (AvgIpc) is 2.04. The van der Waals surface area contributed by atoms with Crippen molar-refractivity contribution >= 4 is 5.69 Å². The molecule has 0 saturated carbocycles. The molecule has 5 heteroatoms. The van der Waals surface area contributed by atoms with Crippen molar-refractivity contribution in [1.29, 1.82) is 0 Å². The van der Waals surface area contributed by atoms with Crippen LogP contribution < -0.4 is 5.48 Å². The van der Waals surface area contributed by atoms with Crippen molar-refractivity contribution in [3.8, 4) is 0 Å². The molecule has 0 spiro atoms. The molecular formula is C8H8F3NO. The van der Waals surface area contributed by atoms with E-state index in [0.717, 1.165) is 12.1 Å². The maximum Gasteiger partial charge on any atom is 0.416 e. The van der Waals surface area contributed by atoms with Crippen LogP contribution in [0.15, 0.2) is 24.3 Å². The third-order valence-corrected chi connectivity index (χ3v) is 1.43. The Morgan fingerprint density at radius 1 is 1.15 bits per heavy atom. The van der Waals surface area contributed by atoms with E-state index in [9.17, 15) is 13.2 Å². The number of hydrogen-bond acceptors (Lipinski definition) is 2. The Morgan fingerprint density at radius 2 is 1.69 bits per heavy atom. The van der Waals surface area contributed by atoms with Gasteiger partial charge in [0.2, 0.25) is 0 Å². The lowest BCUT2D eigenvalue weighted by atomic mass is 10.2. The summed E-state index contributed by atoms with van der Waals surface area (Å²) in [6.45, 7) is 0. The van der Waals surface area contributed by atoms with E-state index in [1.807, 2.05) is 0 Å². The van der Waals surface area contributed by atoms with Gasteiger partial charge in [-0.05, 0) is 24.3 Å². The third-order valence-electron chi connectivity index (χ3n) is 1.43. The molecule has 1 aromatic rings. The highest BCUT2D eigenvalue weighted by Crippen LogP contribution is 2.29. The van der Waals surface area contributed by atoms with Crippen molar-refractivity contribution in [3.05, 3.63) is 29.8 Å². The van der Waals surface area contributed by atoms with Gasteiger partial charge >= 0.3 is 6.18 Å². The zero-order chi connectivity index (χ0) is 9.90. The van der Waals surface area contributed by atoms with Crippen LogP contribution in [-0.4, -0.2) is 7.11 Å². The van der Waals surface area contributed by atoms with Gasteiger partial charge in [-0.3, -0.25) is 10.3 Å². The second-order valence-corrected chi connectivity index (χ2v) is 2.38. The Bertz CT molecular complexity index is 268. The normalized spacial score (nSPS) is 11.4. The molecule has 0 fully saturated rings. The molecule has 0 radical (unpaired) electrons. The molecule has 13 heavy (non-hydrogen) atoms. The summed E-state index contributed by atoms with van der Waals surface area (Å²) in [4.78, 5) is 4.52. The molecule has 1 N–H and O–H groups in total. The van der Waals surface area contributed by atoms with Crippen molar-refractivity contribution < 1.29 is 18.0 Å². The monoisotopic (exact) mass is 191 g/mol. The molecule has 72 valence electrons. The van der Waals surface area contributed by atoms with Gasteiger partial charge in [-0.25, -0.2) is 0 Å². The van der Waals surface area contributed by atoms with Crippen LogP contribution in [0.1, 0.15) is 5.56 Å². The highest BCUT2D eigenvalue weighted by Gasteiger charge is 2.29. The lowest BCUT2D eigenvalue weighted by Gasteiger charge is -2.07. The molecule has 0 unspecified atom stereocenters. The molecule has 0 amide bonds. The van der Waals surface area contributed by atoms with Gasteiger partial charge < -0.3 is 0 Å². The smallest absolute Gasteiger partial charge is 0.279 e. The molecule has 0 aromatic heterocycles. The molecule has 1 aromatic carbocycles. The first kappa shape index (κ1) is 9.85. The van der Waals surface area contributed by atoms with E-state index in [2.05, 4.69) is 10.3 Å². The molecule has 0 aliphatic carbocycles. The van der Waals surface area contributed by atoms with E-state index in [0.29, 0.717) is 5.69 Å². The number of anilines is 1. The molecule has 0 saturated heterocycles. The summed E-state index contributed by atoms with van der Waals surface area (Å²) in [5.74, 6) is 0. The number of rotatable bonds is 2. The average molecular weight is 191 g/mol. The topological polar surface area (TPSA) is 21.3 Å². The van der Waals surface area contributed by atoms with Crippen LogP contribution >= 0.6 is 0 Å². The Morgan fingerprint density at radius 3 is 2.08 bits per heavy atom. The van der Waals surface area contributed by atoms with E-state index in [1.54, 1.807) is 0 Å². The van der Waals surface area contributed by atoms with Gasteiger partial charge in [0.25, 0.3) is 0 Å². The summed E-state index contributed by atoms with van der Waals surface area (Å²) < 4.78 is 36.2. The Hall–Kier alpha value is -1.23. The molecule has 0 heterocycles. The molecular weight excluding hydrogens is 183 g/mol. The maximum atomic E-state index is 12.1. The lowest BCUT2D eigenvalue weighted by Crippen LogP contribution is -2.04. The van der Waals surface area contributed by atoms with Crippen molar-refractivity contribution in [2.75, 3.05) is 12.6 Å². The molecule has 0 bridgehead atoms. The highest BCUT2D eigenvalue weighted by molar-refractivity contribution is 5.43. The maximum absolute atomic E-state index is 12.1. The predicted molar refractivity (Wildman–Crippen MR) is 42.1 cm³/mol. The minimum Gasteiger partial charge on any atom is -0.279 e. The highest BCUT2D eigenvalue weighted by atomic mass is 19.4. The van der Waals surface area contributed by atoms with Crippen molar-refractivity contribution in [3.63, 3.8) is 0 Å². The van der Waals surface area contributed by atoms with E-state index in [1.165, 1.54) is 19.2 Å². The van der Waals surface area contributed by atoms with Gasteiger partial charge in [0, 0.05) is 0 Å². The number of halogens is 3. The van der Waals surface area contributed by atoms with Crippen molar-refractivity contribution in [2.45, 2.75) is 6.18 Å². The molecule has 0 aliphatic heterocycles. The van der Waals surface area contributed by atoms with Gasteiger partial charge in [0.05, 0.1) is 18.4 Å². The Balaban J connectivity index is 2.81. The van der Waals surface area contributed by atoms with Crippen LogP contribution in [-0.2, 0) is 11.0 Å². The second-order valence-electron chi connectivity index (χ2n) is 2.38. The zero-order valence-electron chi connectivity index (χ0n) is 6.85. The minimum absolute atomic E-state index is 0.482. The summed E-state index contributed by atoms with van der Waals surface area (Å²) in [6, 6.07) is 4.57.